The lowest BCUT2D eigenvalue weighted by atomic mass is 10.2. The number of rotatable bonds is 2. The quantitative estimate of drug-likeness (QED) is 0.684. The number of benzene rings is 1. The predicted molar refractivity (Wildman–Crippen MR) is 69.3 cm³/mol. The Labute approximate surface area is 104 Å². The van der Waals surface area contributed by atoms with Crippen LogP contribution < -0.4 is 5.56 Å². The second kappa shape index (κ2) is 4.14. The van der Waals surface area contributed by atoms with Crippen molar-refractivity contribution in [2.45, 2.75) is 13.5 Å². The van der Waals surface area contributed by atoms with E-state index < -0.39 is 0 Å². The van der Waals surface area contributed by atoms with E-state index in [2.05, 4.69) is 17.1 Å². The highest BCUT2D eigenvalue weighted by Crippen LogP contribution is 2.07. The number of aromatic nitrogens is 3. The first-order valence-electron chi connectivity index (χ1n) is 5.83. The summed E-state index contributed by atoms with van der Waals surface area (Å²) < 4.78 is 3.59. The van der Waals surface area contributed by atoms with Crippen LogP contribution in [0, 0.1) is 6.92 Å². The normalized spacial score (nSPS) is 10.9. The molecule has 90 valence electrons. The molecule has 4 nitrogen and oxygen atoms in total. The van der Waals surface area contributed by atoms with Crippen molar-refractivity contribution in [2.24, 2.45) is 0 Å². The molecule has 1 aromatic carbocycles. The predicted octanol–water partition coefficient (Wildman–Crippen LogP) is 1.83. The van der Waals surface area contributed by atoms with Crippen molar-refractivity contribution in [3.63, 3.8) is 0 Å². The van der Waals surface area contributed by atoms with Gasteiger partial charge in [-0.1, -0.05) is 30.3 Å². The van der Waals surface area contributed by atoms with Crippen molar-refractivity contribution in [1.29, 1.82) is 0 Å². The van der Waals surface area contributed by atoms with E-state index in [0.29, 0.717) is 11.5 Å². The minimum Gasteiger partial charge on any atom is -0.345 e. The summed E-state index contributed by atoms with van der Waals surface area (Å²) >= 11 is 0. The smallest absolute Gasteiger partial charge is 0.277 e. The van der Waals surface area contributed by atoms with E-state index in [1.807, 2.05) is 35.2 Å². The lowest BCUT2D eigenvalue weighted by Gasteiger charge is -2.09. The molecule has 0 saturated heterocycles. The lowest BCUT2D eigenvalue weighted by molar-refractivity contribution is 0.758. The van der Waals surface area contributed by atoms with Crippen molar-refractivity contribution in [2.75, 3.05) is 0 Å². The molecule has 0 atom stereocenters. The molecule has 0 radical (unpaired) electrons. The van der Waals surface area contributed by atoms with Gasteiger partial charge in [-0.15, -0.1) is 0 Å². The Balaban J connectivity index is 2.00. The topological polar surface area (TPSA) is 39.8 Å². The van der Waals surface area contributed by atoms with Gasteiger partial charge in [0.05, 0.1) is 0 Å². The van der Waals surface area contributed by atoms with E-state index in [1.165, 1.54) is 5.56 Å². The Morgan fingerprint density at radius 2 is 1.94 bits per heavy atom. The maximum absolute atomic E-state index is 11.7. The molecular weight excluding hydrogens is 226 g/mol. The molecule has 0 unspecified atom stereocenters. The average molecular weight is 239 g/mol. The zero-order valence-electron chi connectivity index (χ0n) is 10.1. The first-order chi connectivity index (χ1) is 8.74. The summed E-state index contributed by atoms with van der Waals surface area (Å²) in [6.45, 7) is 2.51. The summed E-state index contributed by atoms with van der Waals surface area (Å²) in [5.41, 5.74) is 1.71. The molecule has 0 aromatic heterocycles. The van der Waals surface area contributed by atoms with Gasteiger partial charge in [-0.2, -0.15) is 0 Å². The van der Waals surface area contributed by atoms with E-state index in [4.69, 9.17) is 0 Å². The summed E-state index contributed by atoms with van der Waals surface area (Å²) in [5.74, 6) is 0.691. The van der Waals surface area contributed by atoms with Gasteiger partial charge in [0, 0.05) is 25.1 Å². The molecule has 2 aliphatic heterocycles. The van der Waals surface area contributed by atoms with Gasteiger partial charge in [0.25, 0.3) is 5.56 Å². The molecule has 18 heavy (non-hydrogen) atoms. The summed E-state index contributed by atoms with van der Waals surface area (Å²) in [7, 11) is 0. The Kier molecular flexibility index (Phi) is 2.48. The van der Waals surface area contributed by atoms with Gasteiger partial charge in [0.15, 0.2) is 5.82 Å². The zero-order valence-corrected chi connectivity index (χ0v) is 10.1. The maximum atomic E-state index is 11.7. The third kappa shape index (κ3) is 1.82. The molecule has 0 amide bonds. The fraction of sp³-hybridized carbons (Fsp3) is 0.143. The summed E-state index contributed by atoms with van der Waals surface area (Å²) in [6.07, 6.45) is 5.55. The van der Waals surface area contributed by atoms with Gasteiger partial charge in [-0.25, -0.2) is 4.98 Å². The minimum absolute atomic E-state index is 0.0446. The molecule has 3 rings (SSSR count). The van der Waals surface area contributed by atoms with Crippen LogP contribution in [0.3, 0.4) is 0 Å². The van der Waals surface area contributed by atoms with Crippen LogP contribution in [0.4, 0.5) is 0 Å². The van der Waals surface area contributed by atoms with Crippen molar-refractivity contribution in [3.05, 3.63) is 70.5 Å². The fourth-order valence-electron chi connectivity index (χ4n) is 2.02. The third-order valence-electron chi connectivity index (χ3n) is 2.95. The van der Waals surface area contributed by atoms with Crippen LogP contribution in [-0.2, 0) is 6.54 Å². The van der Waals surface area contributed by atoms with Crippen molar-refractivity contribution >= 4 is 0 Å². The first-order valence-corrected chi connectivity index (χ1v) is 5.83. The number of fused-ring (bicyclic) bond motifs is 1. The molecular formula is C14H13N3O. The molecule has 2 aliphatic rings. The van der Waals surface area contributed by atoms with Gasteiger partial charge in [0.2, 0.25) is 0 Å². The largest absolute Gasteiger partial charge is 0.345 e. The van der Waals surface area contributed by atoms with Crippen LogP contribution >= 0.6 is 0 Å². The molecule has 0 aliphatic carbocycles. The van der Waals surface area contributed by atoms with E-state index in [-0.39, 0.29) is 5.56 Å². The molecule has 0 fully saturated rings. The fourth-order valence-corrected chi connectivity index (χ4v) is 2.02. The standard InChI is InChI=1S/C14H13N3O/c1-11-14(18)17-8-7-16(10-13(17)15-11)9-12-5-3-2-4-6-12/h2-8,10H,9H2,1H3. The van der Waals surface area contributed by atoms with Crippen molar-refractivity contribution in [3.8, 4) is 5.82 Å². The highest BCUT2D eigenvalue weighted by atomic mass is 16.1. The molecule has 0 saturated carbocycles. The number of nitrogens with zero attached hydrogens (tertiary/aromatic N) is 3. The van der Waals surface area contributed by atoms with Gasteiger partial charge in [-0.3, -0.25) is 9.36 Å². The Hall–Kier alpha value is -2.36. The van der Waals surface area contributed by atoms with Crippen LogP contribution in [-0.4, -0.2) is 14.1 Å². The van der Waals surface area contributed by atoms with Crippen LogP contribution in [0.25, 0.3) is 5.82 Å². The van der Waals surface area contributed by atoms with Crippen LogP contribution in [0.15, 0.2) is 53.7 Å². The highest BCUT2D eigenvalue weighted by Gasteiger charge is 2.10. The van der Waals surface area contributed by atoms with Crippen molar-refractivity contribution < 1.29 is 0 Å². The molecule has 0 N–H and O–H groups in total. The van der Waals surface area contributed by atoms with E-state index in [9.17, 15) is 4.79 Å². The minimum atomic E-state index is -0.0446. The molecule has 4 heteroatoms. The van der Waals surface area contributed by atoms with Crippen molar-refractivity contribution in [1.82, 2.24) is 14.1 Å². The number of aryl methyl sites for hydroxylation is 1. The van der Waals surface area contributed by atoms with Crippen LogP contribution in [0.1, 0.15) is 11.3 Å². The maximum Gasteiger partial charge on any atom is 0.277 e. The summed E-state index contributed by atoms with van der Waals surface area (Å²) in [6, 6.07) is 10.2. The first kappa shape index (κ1) is 10.8. The average Bonchev–Trinajstić information content (AvgIpc) is 2.66. The summed E-state index contributed by atoms with van der Waals surface area (Å²) in [4.78, 5) is 15.9. The van der Waals surface area contributed by atoms with Gasteiger partial charge < -0.3 is 4.57 Å². The summed E-state index contributed by atoms with van der Waals surface area (Å²) in [5, 5.41) is 0. The highest BCUT2D eigenvalue weighted by molar-refractivity contribution is 5.25. The van der Waals surface area contributed by atoms with Crippen LogP contribution in [0.5, 0.6) is 0 Å². The molecule has 0 bridgehead atoms. The van der Waals surface area contributed by atoms with E-state index in [1.54, 1.807) is 17.7 Å². The molecule has 0 spiro atoms. The third-order valence-corrected chi connectivity index (χ3v) is 2.95. The van der Waals surface area contributed by atoms with E-state index >= 15 is 0 Å². The second-order valence-electron chi connectivity index (χ2n) is 4.32. The Bertz CT molecular complexity index is 697. The van der Waals surface area contributed by atoms with E-state index in [0.717, 1.165) is 6.54 Å². The second-order valence-corrected chi connectivity index (χ2v) is 4.32. The van der Waals surface area contributed by atoms with Gasteiger partial charge >= 0.3 is 0 Å². The number of imidazole rings is 1. The Morgan fingerprint density at radius 1 is 1.17 bits per heavy atom. The van der Waals surface area contributed by atoms with Gasteiger partial charge in [-0.05, 0) is 12.5 Å². The Morgan fingerprint density at radius 3 is 2.72 bits per heavy atom. The monoisotopic (exact) mass is 239 g/mol. The lowest BCUT2D eigenvalue weighted by Crippen LogP contribution is -2.15. The molecule has 1 aromatic rings. The number of hydrogen-bond donors (Lipinski definition) is 0. The van der Waals surface area contributed by atoms with Crippen LogP contribution in [0.2, 0.25) is 0 Å². The number of hydrogen-bond acceptors (Lipinski definition) is 2. The SMILES string of the molecule is Cc1nc2cn(Cc3ccccc3)ccn-2c1=O. The zero-order chi connectivity index (χ0) is 12.5. The molecule has 2 heterocycles. The van der Waals surface area contributed by atoms with Gasteiger partial charge in [0.1, 0.15) is 5.69 Å².